The number of methoxy groups -OCH3 is 1. The van der Waals surface area contributed by atoms with Gasteiger partial charge in [-0.2, -0.15) is 0 Å². The van der Waals surface area contributed by atoms with E-state index in [1.165, 1.54) is 0 Å². The van der Waals surface area contributed by atoms with Gasteiger partial charge in [-0.1, -0.05) is 23.7 Å². The number of nitrogens with zero attached hydrogens (tertiary/aromatic N) is 3. The Kier molecular flexibility index (Phi) is 7.93. The number of amides is 2. The smallest absolute Gasteiger partial charge is 0.410 e. The van der Waals surface area contributed by atoms with Crippen LogP contribution in [0.15, 0.2) is 24.4 Å². The fourth-order valence-corrected chi connectivity index (χ4v) is 4.68. The van der Waals surface area contributed by atoms with Crippen LogP contribution in [0.4, 0.5) is 4.79 Å². The first-order valence-electron chi connectivity index (χ1n) is 12.3. The molecule has 0 radical (unpaired) electrons. The lowest BCUT2D eigenvalue weighted by Crippen LogP contribution is -2.53. The van der Waals surface area contributed by atoms with Crippen LogP contribution in [0.1, 0.15) is 45.6 Å². The van der Waals surface area contributed by atoms with Gasteiger partial charge in [-0.3, -0.25) is 4.79 Å². The molecule has 2 heterocycles. The lowest BCUT2D eigenvalue weighted by molar-refractivity contribution is -0.150. The first kappa shape index (κ1) is 25.8. The van der Waals surface area contributed by atoms with Crippen molar-refractivity contribution in [3.8, 4) is 0 Å². The Bertz CT molecular complexity index is 1060. The van der Waals surface area contributed by atoms with Gasteiger partial charge in [-0.25, -0.2) is 4.79 Å². The molecule has 1 saturated carbocycles. The third-order valence-corrected chi connectivity index (χ3v) is 6.56. The molecule has 2 aromatic rings. The number of ether oxygens (including phenoxy) is 3. The molecule has 0 spiro atoms. The Hall–Kier alpha value is -2.29. The van der Waals surface area contributed by atoms with Crippen LogP contribution in [-0.4, -0.2) is 77.5 Å². The number of hydrogen-bond acceptors (Lipinski definition) is 5. The number of fused-ring (bicyclic) bond motifs is 1. The molecule has 1 aromatic heterocycles. The predicted molar refractivity (Wildman–Crippen MR) is 135 cm³/mol. The Balaban J connectivity index is 1.47. The fraction of sp³-hybridized carbons (Fsp3) is 0.615. The predicted octanol–water partition coefficient (Wildman–Crippen LogP) is 4.46. The van der Waals surface area contributed by atoms with Crippen molar-refractivity contribution < 1.29 is 23.8 Å². The van der Waals surface area contributed by atoms with Crippen LogP contribution in [0.3, 0.4) is 0 Å². The molecular formula is C26H36ClN3O5. The zero-order chi connectivity index (χ0) is 25.2. The van der Waals surface area contributed by atoms with Crippen LogP contribution >= 0.6 is 11.6 Å². The van der Waals surface area contributed by atoms with E-state index < -0.39 is 17.8 Å². The molecule has 9 heteroatoms. The van der Waals surface area contributed by atoms with Gasteiger partial charge in [0.15, 0.2) is 6.10 Å². The van der Waals surface area contributed by atoms with E-state index in [1.54, 1.807) is 12.0 Å². The molecule has 0 unspecified atom stereocenters. The second kappa shape index (κ2) is 10.8. The van der Waals surface area contributed by atoms with E-state index in [1.807, 2.05) is 44.0 Å². The fourth-order valence-electron chi connectivity index (χ4n) is 4.40. The van der Waals surface area contributed by atoms with Crippen molar-refractivity contribution >= 4 is 34.5 Å². The van der Waals surface area contributed by atoms with Crippen molar-refractivity contribution in [1.82, 2.24) is 14.4 Å². The highest BCUT2D eigenvalue weighted by molar-refractivity contribution is 6.35. The van der Waals surface area contributed by atoms with Crippen LogP contribution in [0.2, 0.25) is 5.02 Å². The maximum absolute atomic E-state index is 13.5. The van der Waals surface area contributed by atoms with Crippen LogP contribution in [-0.2, 0) is 32.1 Å². The molecule has 1 aliphatic carbocycles. The summed E-state index contributed by atoms with van der Waals surface area (Å²) in [6.07, 6.45) is 3.71. The number of hydrogen-bond donors (Lipinski definition) is 0. The van der Waals surface area contributed by atoms with Gasteiger partial charge >= 0.3 is 6.09 Å². The minimum Gasteiger partial charge on any atom is -0.444 e. The van der Waals surface area contributed by atoms with Gasteiger partial charge < -0.3 is 28.6 Å². The summed E-state index contributed by atoms with van der Waals surface area (Å²) in [5, 5.41) is 1.72. The highest BCUT2D eigenvalue weighted by atomic mass is 35.5. The summed E-state index contributed by atoms with van der Waals surface area (Å²) in [6, 6.07) is 6.38. The third kappa shape index (κ3) is 6.48. The Morgan fingerprint density at radius 2 is 2.03 bits per heavy atom. The number of aromatic nitrogens is 1. The van der Waals surface area contributed by atoms with E-state index in [0.29, 0.717) is 26.3 Å². The van der Waals surface area contributed by atoms with Crippen molar-refractivity contribution in [3.05, 3.63) is 35.0 Å². The lowest BCUT2D eigenvalue weighted by Gasteiger charge is -2.36. The SMILES string of the molecule is COCCCn1cc(Cl)c2ccc(CN(C(=O)[C@H]3CN(C(=O)OC(C)(C)C)CCO3)C3CC3)cc21. The van der Waals surface area contributed by atoms with Gasteiger partial charge in [0.2, 0.25) is 0 Å². The van der Waals surface area contributed by atoms with E-state index >= 15 is 0 Å². The number of carbonyl (C=O) groups is 2. The number of carbonyl (C=O) groups excluding carboxylic acids is 2. The summed E-state index contributed by atoms with van der Waals surface area (Å²) in [7, 11) is 1.70. The molecule has 1 aromatic carbocycles. The second-order valence-corrected chi connectivity index (χ2v) is 10.8. The van der Waals surface area contributed by atoms with Crippen LogP contribution in [0.25, 0.3) is 10.9 Å². The lowest BCUT2D eigenvalue weighted by atomic mass is 10.1. The van der Waals surface area contributed by atoms with Crippen molar-refractivity contribution in [1.29, 1.82) is 0 Å². The van der Waals surface area contributed by atoms with E-state index in [0.717, 1.165) is 47.3 Å². The molecule has 35 heavy (non-hydrogen) atoms. The highest BCUT2D eigenvalue weighted by Gasteiger charge is 2.39. The number of benzene rings is 1. The maximum atomic E-state index is 13.5. The first-order valence-corrected chi connectivity index (χ1v) is 12.7. The molecule has 2 amide bonds. The zero-order valence-corrected chi connectivity index (χ0v) is 21.8. The number of halogens is 1. The number of rotatable bonds is 8. The monoisotopic (exact) mass is 505 g/mol. The molecule has 4 rings (SSSR count). The summed E-state index contributed by atoms with van der Waals surface area (Å²) in [4.78, 5) is 29.6. The molecule has 192 valence electrons. The largest absolute Gasteiger partial charge is 0.444 e. The third-order valence-electron chi connectivity index (χ3n) is 6.26. The summed E-state index contributed by atoms with van der Waals surface area (Å²) in [5.74, 6) is -0.0747. The summed E-state index contributed by atoms with van der Waals surface area (Å²) in [5.41, 5.74) is 1.51. The molecule has 0 N–H and O–H groups in total. The molecule has 2 aliphatic rings. The Morgan fingerprint density at radius 1 is 1.26 bits per heavy atom. The standard InChI is InChI=1S/C26H36ClN3O5/c1-26(2,3)35-25(32)29-11-13-34-23(17-29)24(31)30(19-7-8-19)15-18-6-9-20-21(27)16-28(22(20)14-18)10-5-12-33-4/h6,9,14,16,19,23H,5,7-8,10-13,15,17H2,1-4H3/t23-/m1/s1. The maximum Gasteiger partial charge on any atom is 0.410 e. The molecule has 0 bridgehead atoms. The van der Waals surface area contributed by atoms with Crippen molar-refractivity contribution in [2.45, 2.75) is 70.9 Å². The quantitative estimate of drug-likeness (QED) is 0.495. The van der Waals surface area contributed by atoms with Gasteiger partial charge in [0.1, 0.15) is 5.60 Å². The van der Waals surface area contributed by atoms with Crippen LogP contribution in [0, 0.1) is 0 Å². The Morgan fingerprint density at radius 3 is 2.71 bits per heavy atom. The van der Waals surface area contributed by atoms with Crippen LogP contribution < -0.4 is 0 Å². The van der Waals surface area contributed by atoms with Crippen molar-refractivity contribution in [3.63, 3.8) is 0 Å². The van der Waals surface area contributed by atoms with E-state index in [9.17, 15) is 9.59 Å². The van der Waals surface area contributed by atoms with Crippen LogP contribution in [0.5, 0.6) is 0 Å². The molecular weight excluding hydrogens is 470 g/mol. The topological polar surface area (TPSA) is 73.2 Å². The molecule has 8 nitrogen and oxygen atoms in total. The van der Waals surface area contributed by atoms with Gasteiger partial charge in [-0.05, 0) is 51.7 Å². The van der Waals surface area contributed by atoms with Gasteiger partial charge in [0.25, 0.3) is 5.91 Å². The zero-order valence-electron chi connectivity index (χ0n) is 21.1. The molecule has 1 aliphatic heterocycles. The summed E-state index contributed by atoms with van der Waals surface area (Å²) in [6.45, 7) is 8.42. The minimum atomic E-state index is -0.687. The van der Waals surface area contributed by atoms with Gasteiger partial charge in [0.05, 0.1) is 18.2 Å². The summed E-state index contributed by atoms with van der Waals surface area (Å²) >= 11 is 6.46. The normalized spacial score (nSPS) is 18.7. The minimum absolute atomic E-state index is 0.0747. The molecule has 2 fully saturated rings. The average Bonchev–Trinajstić information content (AvgIpc) is 3.61. The number of aryl methyl sites for hydroxylation is 1. The van der Waals surface area contributed by atoms with E-state index in [4.69, 9.17) is 25.8 Å². The Labute approximate surface area is 212 Å². The molecule has 1 atom stereocenters. The van der Waals surface area contributed by atoms with E-state index in [-0.39, 0.29) is 18.5 Å². The van der Waals surface area contributed by atoms with Gasteiger partial charge in [-0.15, -0.1) is 0 Å². The first-order chi connectivity index (χ1) is 16.7. The van der Waals surface area contributed by atoms with Crippen molar-refractivity contribution in [2.24, 2.45) is 0 Å². The van der Waals surface area contributed by atoms with Gasteiger partial charge in [0, 0.05) is 56.5 Å². The van der Waals surface area contributed by atoms with Crippen molar-refractivity contribution in [2.75, 3.05) is 33.4 Å². The van der Waals surface area contributed by atoms with E-state index in [2.05, 4.69) is 10.6 Å². The molecule has 1 saturated heterocycles. The summed E-state index contributed by atoms with van der Waals surface area (Å²) < 4.78 is 18.6. The highest BCUT2D eigenvalue weighted by Crippen LogP contribution is 2.32. The second-order valence-electron chi connectivity index (χ2n) is 10.4. The number of morpholine rings is 1. The average molecular weight is 506 g/mol.